The highest BCUT2D eigenvalue weighted by molar-refractivity contribution is 5.92. The lowest BCUT2D eigenvalue weighted by molar-refractivity contribution is 0.457. The predicted molar refractivity (Wildman–Crippen MR) is 284 cm³/mol. The van der Waals surface area contributed by atoms with Crippen molar-refractivity contribution in [3.8, 4) is 69.3 Å². The number of fused-ring (bicyclic) bond motifs is 5. The first kappa shape index (κ1) is 43.9. The van der Waals surface area contributed by atoms with Crippen molar-refractivity contribution in [1.82, 2.24) is 0 Å². The summed E-state index contributed by atoms with van der Waals surface area (Å²) in [4.78, 5) is 0. The predicted octanol–water partition coefficient (Wildman–Crippen LogP) is 17.2. The summed E-state index contributed by atoms with van der Waals surface area (Å²) in [5, 5.41) is 24.7. The molecule has 0 aromatic heterocycles. The molecule has 0 saturated carbocycles. The van der Waals surface area contributed by atoms with Crippen molar-refractivity contribution in [3.63, 3.8) is 0 Å². The average molecular weight is 917 g/mol. The molecule has 0 N–H and O–H groups in total. The van der Waals surface area contributed by atoms with Gasteiger partial charge in [0.25, 0.3) is 0 Å². The lowest BCUT2D eigenvalue weighted by Crippen LogP contribution is -2.28. The van der Waals surface area contributed by atoms with Gasteiger partial charge in [-0.2, -0.15) is 10.5 Å². The van der Waals surface area contributed by atoms with Gasteiger partial charge in [0.05, 0.1) is 5.41 Å². The highest BCUT2D eigenvalue weighted by atomic mass is 16.5. The van der Waals surface area contributed by atoms with Crippen LogP contribution < -0.4 is 18.9 Å². The minimum atomic E-state index is -0.669. The molecule has 0 radical (unpaired) electrons. The van der Waals surface area contributed by atoms with Gasteiger partial charge in [-0.25, -0.2) is 0 Å². The van der Waals surface area contributed by atoms with Crippen LogP contribution in [0.25, 0.3) is 44.8 Å². The van der Waals surface area contributed by atoms with Crippen molar-refractivity contribution in [3.05, 3.63) is 263 Å². The smallest absolute Gasteiger partial charge is 0.149 e. The Bertz CT molecular complexity index is 3600. The molecule has 10 aromatic rings. The van der Waals surface area contributed by atoms with Crippen LogP contribution in [0.2, 0.25) is 0 Å². The second kappa shape index (κ2) is 18.1. The highest BCUT2D eigenvalue weighted by Crippen LogP contribution is 2.57. The summed E-state index contributed by atoms with van der Waals surface area (Å²) in [6, 6.07) is 69.5. The zero-order valence-electron chi connectivity index (χ0n) is 39.1. The third kappa shape index (κ3) is 8.00. The zero-order valence-corrected chi connectivity index (χ0v) is 39.1. The number of hydrogen-bond acceptors (Lipinski definition) is 6. The van der Waals surface area contributed by atoms with Gasteiger partial charge in [0.2, 0.25) is 0 Å². The van der Waals surface area contributed by atoms with Crippen LogP contribution in [0.15, 0.2) is 207 Å². The lowest BCUT2D eigenvalue weighted by atomic mass is 9.67. The van der Waals surface area contributed by atoms with E-state index in [4.69, 9.17) is 18.9 Å². The van der Waals surface area contributed by atoms with Gasteiger partial charge in [-0.05, 0) is 165 Å². The molecule has 0 saturated heterocycles. The minimum absolute atomic E-state index is 0.302. The van der Waals surface area contributed by atoms with E-state index in [9.17, 15) is 10.5 Å². The molecule has 10 aromatic carbocycles. The largest absolute Gasteiger partial charge is 0.456 e. The monoisotopic (exact) mass is 916 g/mol. The van der Waals surface area contributed by atoms with Crippen LogP contribution >= 0.6 is 0 Å². The quantitative estimate of drug-likeness (QED) is 0.121. The Morgan fingerprint density at radius 1 is 0.394 bits per heavy atom. The summed E-state index contributed by atoms with van der Waals surface area (Å²) in [6.45, 7) is 12.0. The topological polar surface area (TPSA) is 84.5 Å². The molecule has 1 aliphatic carbocycles. The maximum Gasteiger partial charge on any atom is 0.149 e. The van der Waals surface area contributed by atoms with Crippen LogP contribution in [0.4, 0.5) is 0 Å². The molecule has 0 unspecified atom stereocenters. The number of ether oxygens (including phenoxy) is 4. The number of rotatable bonds is 12. The van der Waals surface area contributed by atoms with Crippen molar-refractivity contribution in [2.45, 2.75) is 19.3 Å². The fourth-order valence-corrected chi connectivity index (χ4v) is 9.82. The highest BCUT2D eigenvalue weighted by Gasteiger charge is 2.46. The second-order valence-corrected chi connectivity index (χ2v) is 17.7. The van der Waals surface area contributed by atoms with E-state index in [1.807, 2.05) is 84.9 Å². The van der Waals surface area contributed by atoms with Crippen LogP contribution in [0.1, 0.15) is 55.6 Å². The molecule has 0 bridgehead atoms. The van der Waals surface area contributed by atoms with Crippen LogP contribution in [0.3, 0.4) is 0 Å². The first-order valence-corrected chi connectivity index (χ1v) is 23.3. The van der Waals surface area contributed by atoms with Crippen molar-refractivity contribution in [2.24, 2.45) is 0 Å². The minimum Gasteiger partial charge on any atom is -0.456 e. The summed E-state index contributed by atoms with van der Waals surface area (Å²) >= 11 is 0. The van der Waals surface area contributed by atoms with E-state index >= 15 is 0 Å². The molecule has 0 atom stereocenters. The fourth-order valence-electron chi connectivity index (χ4n) is 9.82. The number of benzene rings is 10. The van der Waals surface area contributed by atoms with Crippen LogP contribution in [-0.2, 0) is 5.41 Å². The third-order valence-electron chi connectivity index (χ3n) is 13.3. The molecular weight excluding hydrogens is 873 g/mol. The maximum absolute atomic E-state index is 10.3. The molecule has 6 nitrogen and oxygen atoms in total. The Kier molecular flexibility index (Phi) is 11.2. The normalized spacial score (nSPS) is 12.0. The number of nitriles is 2. The molecule has 1 aliphatic rings. The van der Waals surface area contributed by atoms with Gasteiger partial charge in [-0.3, -0.25) is 0 Å². The Morgan fingerprint density at radius 2 is 0.746 bits per heavy atom. The fraction of sp³-hybridized carbons (Fsp3) is 0.0462. The summed E-state index contributed by atoms with van der Waals surface area (Å²) in [6.07, 6.45) is 3.54. The number of hydrogen-bond donors (Lipinski definition) is 0. The third-order valence-corrected chi connectivity index (χ3v) is 13.3. The first-order valence-electron chi connectivity index (χ1n) is 23.3. The standard InChI is InChI=1S/C65H44N2O4/c1-5-43-15-25-51(26-16-43)68-61-9-7-11-63(57(61)39-66)70-53-29-21-45-35-49(23-19-47(45)37-53)65(59-33-41(3)13-31-55(59)56-32-14-42(4)34-60(56)65)50-24-20-48-38-54(30-22-46(48)36-50)71-64-12-8-10-62(58(64)40-67)69-52-27-17-44(6-2)18-28-52/h5-38H,1-2H2,3-4H3. The molecular formula is C65H44N2O4. The Labute approximate surface area is 412 Å². The molecule has 71 heavy (non-hydrogen) atoms. The summed E-state index contributed by atoms with van der Waals surface area (Å²) in [7, 11) is 0. The Morgan fingerprint density at radius 3 is 1.13 bits per heavy atom. The van der Waals surface area contributed by atoms with Gasteiger partial charge in [0.15, 0.2) is 0 Å². The molecule has 0 heterocycles. The van der Waals surface area contributed by atoms with E-state index in [0.717, 1.165) is 43.8 Å². The Balaban J connectivity index is 0.959. The Hall–Kier alpha value is -9.62. The summed E-state index contributed by atoms with van der Waals surface area (Å²) < 4.78 is 25.2. The van der Waals surface area contributed by atoms with E-state index in [1.54, 1.807) is 36.4 Å². The van der Waals surface area contributed by atoms with E-state index in [1.165, 1.54) is 33.4 Å². The van der Waals surface area contributed by atoms with E-state index in [0.29, 0.717) is 57.1 Å². The van der Waals surface area contributed by atoms with Gasteiger partial charge in [-0.1, -0.05) is 146 Å². The summed E-state index contributed by atoms with van der Waals surface area (Å²) in [5.41, 5.74) is 11.4. The molecule has 0 aliphatic heterocycles. The van der Waals surface area contributed by atoms with Crippen molar-refractivity contribution in [2.75, 3.05) is 0 Å². The van der Waals surface area contributed by atoms with Crippen molar-refractivity contribution < 1.29 is 18.9 Å². The average Bonchev–Trinajstić information content (AvgIpc) is 3.68. The van der Waals surface area contributed by atoms with E-state index in [2.05, 4.69) is 124 Å². The van der Waals surface area contributed by atoms with Gasteiger partial charge >= 0.3 is 0 Å². The van der Waals surface area contributed by atoms with Crippen molar-refractivity contribution in [1.29, 1.82) is 10.5 Å². The second-order valence-electron chi connectivity index (χ2n) is 17.7. The van der Waals surface area contributed by atoms with Crippen LogP contribution in [0.5, 0.6) is 46.0 Å². The van der Waals surface area contributed by atoms with Gasteiger partial charge in [0, 0.05) is 0 Å². The molecule has 0 fully saturated rings. The van der Waals surface area contributed by atoms with E-state index in [-0.39, 0.29) is 0 Å². The SMILES string of the molecule is C=Cc1ccc(Oc2cccc(Oc3ccc4cc(C5(c6ccc7cc(Oc8cccc(Oc9ccc(C=C)cc9)c8C#N)ccc7c6)c6cc(C)ccc6-c6ccc(C)cc65)ccc4c3)c2C#N)cc1. The van der Waals surface area contributed by atoms with E-state index < -0.39 is 5.41 Å². The van der Waals surface area contributed by atoms with Crippen LogP contribution in [0, 0.1) is 36.5 Å². The number of nitrogens with zero attached hydrogens (tertiary/aromatic N) is 2. The lowest BCUT2D eigenvalue weighted by Gasteiger charge is -2.34. The summed E-state index contributed by atoms with van der Waals surface area (Å²) in [5.74, 6) is 4.04. The van der Waals surface area contributed by atoms with Gasteiger partial charge < -0.3 is 18.9 Å². The zero-order chi connectivity index (χ0) is 48.6. The van der Waals surface area contributed by atoms with Crippen LogP contribution in [-0.4, -0.2) is 0 Å². The number of aryl methyl sites for hydroxylation is 2. The first-order chi connectivity index (χ1) is 34.7. The molecule has 338 valence electrons. The maximum atomic E-state index is 10.3. The molecule has 11 rings (SSSR count). The molecule has 0 amide bonds. The van der Waals surface area contributed by atoms with Gasteiger partial charge in [0.1, 0.15) is 69.3 Å². The van der Waals surface area contributed by atoms with Gasteiger partial charge in [-0.15, -0.1) is 0 Å². The molecule has 0 spiro atoms. The molecule has 6 heteroatoms. The van der Waals surface area contributed by atoms with Crippen molar-refractivity contribution >= 4 is 33.7 Å².